The van der Waals surface area contributed by atoms with Crippen LogP contribution in [-0.2, 0) is 0 Å². The Bertz CT molecular complexity index is 625. The lowest BCUT2D eigenvalue weighted by Gasteiger charge is -2.02. The molecule has 2 N–H and O–H groups in total. The van der Waals surface area contributed by atoms with Gasteiger partial charge in [0, 0.05) is 11.9 Å². The number of rotatable bonds is 5. The van der Waals surface area contributed by atoms with E-state index in [0.29, 0.717) is 5.58 Å². The van der Waals surface area contributed by atoms with E-state index in [1.807, 2.05) is 25.1 Å². The van der Waals surface area contributed by atoms with Gasteiger partial charge in [0.15, 0.2) is 0 Å². The quantitative estimate of drug-likeness (QED) is 0.810. The Balaban J connectivity index is 2.30. The number of furan rings is 1. The molecule has 0 fully saturated rings. The van der Waals surface area contributed by atoms with E-state index in [2.05, 4.69) is 18.3 Å². The number of carbonyl (C=O) groups is 1. The van der Waals surface area contributed by atoms with E-state index in [4.69, 9.17) is 9.52 Å². The first-order chi connectivity index (χ1) is 9.11. The molecule has 2 rings (SSSR count). The lowest BCUT2D eigenvalue weighted by Crippen LogP contribution is -2.11. The molecule has 0 spiro atoms. The zero-order valence-corrected chi connectivity index (χ0v) is 11.1. The zero-order chi connectivity index (χ0) is 13.8. The molecule has 0 saturated carbocycles. The van der Waals surface area contributed by atoms with E-state index in [1.54, 1.807) is 6.07 Å². The van der Waals surface area contributed by atoms with Gasteiger partial charge in [-0.25, -0.2) is 4.79 Å². The topological polar surface area (TPSA) is 62.5 Å². The number of fused-ring (bicyclic) bond motifs is 1. The van der Waals surface area contributed by atoms with Crippen LogP contribution in [0, 0.1) is 0 Å². The minimum absolute atomic E-state index is 0.0265. The van der Waals surface area contributed by atoms with Gasteiger partial charge in [0.05, 0.1) is 0 Å². The highest BCUT2D eigenvalue weighted by molar-refractivity contribution is 5.92. The van der Waals surface area contributed by atoms with Crippen molar-refractivity contribution in [3.05, 3.63) is 41.7 Å². The standard InChI is InChI=1S/C15H17NO3/c1-3-16-7-6-10(2)11-4-5-13-12(8-11)9-14(19-13)15(17)18/h4-6,8-9,16H,3,7H2,1-2H3,(H,17,18)/b10-6+. The first-order valence-corrected chi connectivity index (χ1v) is 6.26. The minimum Gasteiger partial charge on any atom is -0.475 e. The van der Waals surface area contributed by atoms with Crippen LogP contribution in [0.1, 0.15) is 30.0 Å². The van der Waals surface area contributed by atoms with Crippen molar-refractivity contribution in [1.82, 2.24) is 5.32 Å². The molecule has 4 heteroatoms. The molecule has 100 valence electrons. The van der Waals surface area contributed by atoms with E-state index >= 15 is 0 Å². The Hall–Kier alpha value is -2.07. The molecule has 0 amide bonds. The molecular formula is C15H17NO3. The van der Waals surface area contributed by atoms with Crippen LogP contribution in [-0.4, -0.2) is 24.2 Å². The largest absolute Gasteiger partial charge is 0.475 e. The number of carboxylic acid groups (broad SMARTS) is 1. The molecule has 1 heterocycles. The number of nitrogens with one attached hydrogen (secondary N) is 1. The Morgan fingerprint density at radius 3 is 2.89 bits per heavy atom. The van der Waals surface area contributed by atoms with E-state index in [1.165, 1.54) is 0 Å². The second kappa shape index (κ2) is 5.71. The van der Waals surface area contributed by atoms with Crippen molar-refractivity contribution in [2.75, 3.05) is 13.1 Å². The fourth-order valence-corrected chi connectivity index (χ4v) is 1.88. The average Bonchev–Trinajstić information content (AvgIpc) is 2.81. The zero-order valence-electron chi connectivity index (χ0n) is 11.1. The molecular weight excluding hydrogens is 242 g/mol. The summed E-state index contributed by atoms with van der Waals surface area (Å²) in [4.78, 5) is 10.9. The Kier molecular flexibility index (Phi) is 4.02. The van der Waals surface area contributed by atoms with Gasteiger partial charge in [-0.3, -0.25) is 0 Å². The van der Waals surface area contributed by atoms with Crippen molar-refractivity contribution in [1.29, 1.82) is 0 Å². The molecule has 4 nitrogen and oxygen atoms in total. The number of hydrogen-bond donors (Lipinski definition) is 2. The van der Waals surface area contributed by atoms with Crippen LogP contribution >= 0.6 is 0 Å². The maximum Gasteiger partial charge on any atom is 0.371 e. The monoisotopic (exact) mass is 259 g/mol. The number of aromatic carboxylic acids is 1. The smallest absolute Gasteiger partial charge is 0.371 e. The molecule has 0 aliphatic carbocycles. The second-order valence-electron chi connectivity index (χ2n) is 4.36. The van der Waals surface area contributed by atoms with Crippen LogP contribution in [0.2, 0.25) is 0 Å². The highest BCUT2D eigenvalue weighted by Crippen LogP contribution is 2.24. The van der Waals surface area contributed by atoms with Gasteiger partial charge in [0.25, 0.3) is 0 Å². The second-order valence-corrected chi connectivity index (χ2v) is 4.36. The van der Waals surface area contributed by atoms with Crippen LogP contribution in [0.15, 0.2) is 34.8 Å². The predicted molar refractivity (Wildman–Crippen MR) is 75.4 cm³/mol. The van der Waals surface area contributed by atoms with Crippen LogP contribution in [0.4, 0.5) is 0 Å². The van der Waals surface area contributed by atoms with E-state index in [0.717, 1.165) is 29.6 Å². The van der Waals surface area contributed by atoms with E-state index < -0.39 is 5.97 Å². The van der Waals surface area contributed by atoms with Gasteiger partial charge in [-0.1, -0.05) is 19.1 Å². The summed E-state index contributed by atoms with van der Waals surface area (Å²) in [7, 11) is 0. The fraction of sp³-hybridized carbons (Fsp3) is 0.267. The molecule has 0 saturated heterocycles. The SMILES string of the molecule is CCNC/C=C(\C)c1ccc2oc(C(=O)O)cc2c1. The Morgan fingerprint density at radius 2 is 2.21 bits per heavy atom. The van der Waals surface area contributed by atoms with Crippen molar-refractivity contribution in [2.45, 2.75) is 13.8 Å². The van der Waals surface area contributed by atoms with Crippen LogP contribution < -0.4 is 5.32 Å². The maximum absolute atomic E-state index is 10.9. The fourth-order valence-electron chi connectivity index (χ4n) is 1.88. The van der Waals surface area contributed by atoms with Gasteiger partial charge >= 0.3 is 5.97 Å². The third-order valence-corrected chi connectivity index (χ3v) is 2.99. The van der Waals surface area contributed by atoms with Crippen molar-refractivity contribution < 1.29 is 14.3 Å². The molecule has 0 radical (unpaired) electrons. The molecule has 1 aromatic heterocycles. The van der Waals surface area contributed by atoms with Crippen molar-refractivity contribution in [3.8, 4) is 0 Å². The number of likely N-dealkylation sites (N-methyl/N-ethyl adjacent to an activating group) is 1. The lowest BCUT2D eigenvalue weighted by molar-refractivity contribution is 0.0665. The normalized spacial score (nSPS) is 12.0. The van der Waals surface area contributed by atoms with Crippen molar-refractivity contribution in [2.24, 2.45) is 0 Å². The van der Waals surface area contributed by atoms with Crippen molar-refractivity contribution in [3.63, 3.8) is 0 Å². The van der Waals surface area contributed by atoms with E-state index in [-0.39, 0.29) is 5.76 Å². The van der Waals surface area contributed by atoms with E-state index in [9.17, 15) is 4.79 Å². The highest BCUT2D eigenvalue weighted by atomic mass is 16.4. The van der Waals surface area contributed by atoms with Gasteiger partial charge in [-0.2, -0.15) is 0 Å². The number of hydrogen-bond acceptors (Lipinski definition) is 3. The molecule has 19 heavy (non-hydrogen) atoms. The summed E-state index contributed by atoms with van der Waals surface area (Å²) in [6.45, 7) is 5.86. The Labute approximate surface area is 111 Å². The summed E-state index contributed by atoms with van der Waals surface area (Å²) in [6, 6.07) is 7.25. The average molecular weight is 259 g/mol. The third-order valence-electron chi connectivity index (χ3n) is 2.99. The summed E-state index contributed by atoms with van der Waals surface area (Å²) < 4.78 is 5.23. The molecule has 2 aromatic rings. The maximum atomic E-state index is 10.9. The lowest BCUT2D eigenvalue weighted by atomic mass is 10.1. The van der Waals surface area contributed by atoms with Crippen LogP contribution in [0.25, 0.3) is 16.5 Å². The van der Waals surface area contributed by atoms with Gasteiger partial charge in [0.2, 0.25) is 5.76 Å². The Morgan fingerprint density at radius 1 is 1.42 bits per heavy atom. The molecule has 0 atom stereocenters. The van der Waals surface area contributed by atoms with Gasteiger partial charge < -0.3 is 14.8 Å². The minimum atomic E-state index is -1.04. The molecule has 0 aliphatic rings. The van der Waals surface area contributed by atoms with Crippen LogP contribution in [0.3, 0.4) is 0 Å². The van der Waals surface area contributed by atoms with Gasteiger partial charge in [-0.05, 0) is 42.8 Å². The van der Waals surface area contributed by atoms with Gasteiger partial charge in [0.1, 0.15) is 5.58 Å². The molecule has 1 aromatic carbocycles. The van der Waals surface area contributed by atoms with Crippen LogP contribution in [0.5, 0.6) is 0 Å². The number of carboxylic acids is 1. The summed E-state index contributed by atoms with van der Waals surface area (Å²) in [5, 5.41) is 12.9. The molecule has 0 aliphatic heterocycles. The van der Waals surface area contributed by atoms with Gasteiger partial charge in [-0.15, -0.1) is 0 Å². The molecule has 0 unspecified atom stereocenters. The number of allylic oxidation sites excluding steroid dienone is 1. The third kappa shape index (κ3) is 3.03. The first kappa shape index (κ1) is 13.4. The summed E-state index contributed by atoms with van der Waals surface area (Å²) in [5.74, 6) is -1.07. The number of benzene rings is 1. The summed E-state index contributed by atoms with van der Waals surface area (Å²) in [5.41, 5.74) is 2.82. The first-order valence-electron chi connectivity index (χ1n) is 6.26. The van der Waals surface area contributed by atoms with Crippen molar-refractivity contribution >= 4 is 22.5 Å². The summed E-state index contributed by atoms with van der Waals surface area (Å²) in [6.07, 6.45) is 2.11. The molecule has 0 bridgehead atoms. The predicted octanol–water partition coefficient (Wildman–Crippen LogP) is 3.14. The highest BCUT2D eigenvalue weighted by Gasteiger charge is 2.10. The summed E-state index contributed by atoms with van der Waals surface area (Å²) >= 11 is 0.